The second-order valence-electron chi connectivity index (χ2n) is 5.79. The molecule has 1 fully saturated rings. The molecule has 3 N–H and O–H groups in total. The first-order valence-electron chi connectivity index (χ1n) is 7.34. The maximum absolute atomic E-state index is 11.2. The van der Waals surface area contributed by atoms with Crippen molar-refractivity contribution < 1.29 is 14.6 Å². The van der Waals surface area contributed by atoms with Gasteiger partial charge in [0.2, 0.25) is 0 Å². The van der Waals surface area contributed by atoms with Crippen molar-refractivity contribution in [2.75, 3.05) is 20.2 Å². The van der Waals surface area contributed by atoms with Crippen molar-refractivity contribution in [1.82, 2.24) is 9.88 Å². The lowest BCUT2D eigenvalue weighted by atomic mass is 10.0. The van der Waals surface area contributed by atoms with Crippen LogP contribution in [0.15, 0.2) is 30.5 Å². The van der Waals surface area contributed by atoms with Gasteiger partial charge in [0.1, 0.15) is 16.3 Å². The molecule has 2 heterocycles. The zero-order valence-corrected chi connectivity index (χ0v) is 13.7. The maximum Gasteiger partial charge on any atom is 0.325 e. The molecule has 1 aromatic heterocycles. The number of thiazole rings is 1. The number of methoxy groups -OCH3 is 1. The molecule has 23 heavy (non-hydrogen) atoms. The smallest absolute Gasteiger partial charge is 0.325 e. The molecule has 1 atom stereocenters. The van der Waals surface area contributed by atoms with Crippen LogP contribution in [0.2, 0.25) is 0 Å². The molecule has 0 saturated carbocycles. The molecule has 3 rings (SSSR count). The Bertz CT molecular complexity index is 718. The van der Waals surface area contributed by atoms with Gasteiger partial charge in [-0.25, -0.2) is 4.98 Å². The summed E-state index contributed by atoms with van der Waals surface area (Å²) in [4.78, 5) is 18.8. The van der Waals surface area contributed by atoms with Crippen LogP contribution in [-0.4, -0.2) is 46.7 Å². The molecule has 1 aliphatic heterocycles. The van der Waals surface area contributed by atoms with Gasteiger partial charge >= 0.3 is 5.97 Å². The number of hydrogen-bond acceptors (Lipinski definition) is 6. The Morgan fingerprint density at radius 2 is 2.39 bits per heavy atom. The summed E-state index contributed by atoms with van der Waals surface area (Å²) in [5, 5.41) is 10.1. The van der Waals surface area contributed by atoms with Crippen molar-refractivity contribution in [1.29, 1.82) is 0 Å². The van der Waals surface area contributed by atoms with E-state index >= 15 is 0 Å². The molecular formula is C16H19N3O3S. The molecular weight excluding hydrogens is 314 g/mol. The van der Waals surface area contributed by atoms with Crippen LogP contribution in [0.5, 0.6) is 5.75 Å². The summed E-state index contributed by atoms with van der Waals surface area (Å²) in [5.74, 6) is -0.130. The topological polar surface area (TPSA) is 88.7 Å². The van der Waals surface area contributed by atoms with Gasteiger partial charge in [0.25, 0.3) is 0 Å². The van der Waals surface area contributed by atoms with E-state index in [0.717, 1.165) is 21.2 Å². The van der Waals surface area contributed by atoms with E-state index in [1.54, 1.807) is 18.4 Å². The van der Waals surface area contributed by atoms with E-state index in [2.05, 4.69) is 9.88 Å². The predicted octanol–water partition coefficient (Wildman–Crippen LogP) is 1.81. The fourth-order valence-electron chi connectivity index (χ4n) is 2.71. The van der Waals surface area contributed by atoms with Crippen molar-refractivity contribution in [2.24, 2.45) is 5.73 Å². The van der Waals surface area contributed by atoms with Crippen LogP contribution in [0.4, 0.5) is 0 Å². The van der Waals surface area contributed by atoms with Gasteiger partial charge in [0.05, 0.1) is 7.11 Å². The summed E-state index contributed by atoms with van der Waals surface area (Å²) in [5.41, 5.74) is 5.80. The van der Waals surface area contributed by atoms with Crippen LogP contribution < -0.4 is 10.5 Å². The third-order valence-electron chi connectivity index (χ3n) is 4.06. The molecule has 122 valence electrons. The summed E-state index contributed by atoms with van der Waals surface area (Å²) in [6.45, 7) is 1.73. The molecule has 2 aromatic rings. The van der Waals surface area contributed by atoms with E-state index in [-0.39, 0.29) is 0 Å². The molecule has 7 heteroatoms. The quantitative estimate of drug-likeness (QED) is 0.867. The third kappa shape index (κ3) is 3.36. The predicted molar refractivity (Wildman–Crippen MR) is 88.6 cm³/mol. The first-order valence-corrected chi connectivity index (χ1v) is 8.15. The number of nitrogens with zero attached hydrogens (tertiary/aromatic N) is 2. The summed E-state index contributed by atoms with van der Waals surface area (Å²) in [7, 11) is 1.64. The lowest BCUT2D eigenvalue weighted by Crippen LogP contribution is -2.49. The second kappa shape index (κ2) is 6.27. The molecule has 1 saturated heterocycles. The van der Waals surface area contributed by atoms with Crippen LogP contribution in [0, 0.1) is 0 Å². The highest BCUT2D eigenvalue weighted by Crippen LogP contribution is 2.29. The van der Waals surface area contributed by atoms with Gasteiger partial charge in [-0.15, -0.1) is 11.3 Å². The normalized spacial score (nSPS) is 21.5. The summed E-state index contributed by atoms with van der Waals surface area (Å²) in [6, 6.07) is 7.78. The maximum atomic E-state index is 11.2. The van der Waals surface area contributed by atoms with E-state index in [9.17, 15) is 9.90 Å². The monoisotopic (exact) mass is 333 g/mol. The van der Waals surface area contributed by atoms with Crippen LogP contribution in [-0.2, 0) is 11.3 Å². The molecule has 1 aliphatic rings. The van der Waals surface area contributed by atoms with Crippen molar-refractivity contribution in [3.8, 4) is 16.3 Å². The summed E-state index contributed by atoms with van der Waals surface area (Å²) >= 11 is 1.60. The SMILES string of the molecule is COc1cccc(-c2ncc(CN3CC[C@](N)(C(=O)O)C3)s2)c1. The average molecular weight is 333 g/mol. The van der Waals surface area contributed by atoms with E-state index < -0.39 is 11.5 Å². The van der Waals surface area contributed by atoms with Crippen molar-refractivity contribution in [3.63, 3.8) is 0 Å². The lowest BCUT2D eigenvalue weighted by molar-refractivity contribution is -0.142. The van der Waals surface area contributed by atoms with E-state index in [1.165, 1.54) is 0 Å². The molecule has 0 aliphatic carbocycles. The molecule has 0 bridgehead atoms. The Kier molecular flexibility index (Phi) is 4.34. The van der Waals surface area contributed by atoms with Crippen LogP contribution in [0.1, 0.15) is 11.3 Å². The number of hydrogen-bond donors (Lipinski definition) is 2. The molecule has 0 unspecified atom stereocenters. The number of aliphatic carboxylic acids is 1. The largest absolute Gasteiger partial charge is 0.497 e. The molecule has 0 radical (unpaired) electrons. The highest BCUT2D eigenvalue weighted by Gasteiger charge is 2.41. The standard InChI is InChI=1S/C16H19N3O3S/c1-22-12-4-2-3-11(7-12)14-18-8-13(23-14)9-19-6-5-16(17,10-19)15(20)21/h2-4,7-8H,5-6,9-10,17H2,1H3,(H,20,21)/t16-/m1/s1. The van der Waals surface area contributed by atoms with Gasteiger partial charge in [-0.1, -0.05) is 12.1 Å². The summed E-state index contributed by atoms with van der Waals surface area (Å²) < 4.78 is 5.24. The Morgan fingerprint density at radius 1 is 1.57 bits per heavy atom. The minimum absolute atomic E-state index is 0.370. The zero-order chi connectivity index (χ0) is 16.4. The van der Waals surface area contributed by atoms with Crippen LogP contribution in [0.25, 0.3) is 10.6 Å². The van der Waals surface area contributed by atoms with Gasteiger partial charge < -0.3 is 15.6 Å². The van der Waals surface area contributed by atoms with Crippen molar-refractivity contribution >= 4 is 17.3 Å². The fraction of sp³-hybridized carbons (Fsp3) is 0.375. The van der Waals surface area contributed by atoms with Crippen LogP contribution >= 0.6 is 11.3 Å². The number of ether oxygens (including phenoxy) is 1. The second-order valence-corrected chi connectivity index (χ2v) is 6.90. The minimum atomic E-state index is -1.12. The van der Waals surface area contributed by atoms with Gasteiger partial charge in [-0.05, 0) is 18.6 Å². The number of rotatable bonds is 5. The fourth-order valence-corrected chi connectivity index (χ4v) is 3.67. The highest BCUT2D eigenvalue weighted by atomic mass is 32.1. The summed E-state index contributed by atoms with van der Waals surface area (Å²) in [6.07, 6.45) is 2.32. The number of benzene rings is 1. The van der Waals surface area contributed by atoms with E-state index in [1.807, 2.05) is 30.5 Å². The Morgan fingerprint density at radius 3 is 3.09 bits per heavy atom. The number of carboxylic acid groups (broad SMARTS) is 1. The Hall–Kier alpha value is -1.96. The van der Waals surface area contributed by atoms with Gasteiger partial charge in [0.15, 0.2) is 0 Å². The first kappa shape index (κ1) is 15.9. The lowest BCUT2D eigenvalue weighted by Gasteiger charge is -2.19. The molecule has 6 nitrogen and oxygen atoms in total. The number of aromatic nitrogens is 1. The average Bonchev–Trinajstić information content (AvgIpc) is 3.16. The van der Waals surface area contributed by atoms with Crippen LogP contribution in [0.3, 0.4) is 0 Å². The Balaban J connectivity index is 1.69. The third-order valence-corrected chi connectivity index (χ3v) is 5.09. The van der Waals surface area contributed by atoms with E-state index in [0.29, 0.717) is 26.1 Å². The zero-order valence-electron chi connectivity index (χ0n) is 12.9. The van der Waals surface area contributed by atoms with Crippen molar-refractivity contribution in [3.05, 3.63) is 35.3 Å². The van der Waals surface area contributed by atoms with Gasteiger partial charge in [-0.3, -0.25) is 9.69 Å². The Labute approximate surface area is 138 Å². The van der Waals surface area contributed by atoms with Gasteiger partial charge in [0, 0.05) is 36.3 Å². The highest BCUT2D eigenvalue weighted by molar-refractivity contribution is 7.15. The number of nitrogens with two attached hydrogens (primary N) is 1. The number of carboxylic acids is 1. The molecule has 0 amide bonds. The molecule has 0 spiro atoms. The minimum Gasteiger partial charge on any atom is -0.497 e. The number of carbonyl (C=O) groups is 1. The number of likely N-dealkylation sites (tertiary alicyclic amines) is 1. The van der Waals surface area contributed by atoms with E-state index in [4.69, 9.17) is 10.5 Å². The van der Waals surface area contributed by atoms with Gasteiger partial charge in [-0.2, -0.15) is 0 Å². The molecule has 1 aromatic carbocycles. The first-order chi connectivity index (χ1) is 11.0. The van der Waals surface area contributed by atoms with Crippen molar-refractivity contribution in [2.45, 2.75) is 18.5 Å².